The van der Waals surface area contributed by atoms with Gasteiger partial charge in [-0.2, -0.15) is 0 Å². The van der Waals surface area contributed by atoms with Crippen LogP contribution in [0.1, 0.15) is 45.4 Å². The minimum atomic E-state index is -0.777. The maximum atomic E-state index is 11.1. The van der Waals surface area contributed by atoms with Crippen molar-refractivity contribution in [3.8, 4) is 0 Å². The highest BCUT2D eigenvalue weighted by Gasteiger charge is 2.03. The van der Waals surface area contributed by atoms with E-state index in [0.29, 0.717) is 5.75 Å². The average Bonchev–Trinajstić information content (AvgIpc) is 2.11. The Morgan fingerprint density at radius 3 is 2.23 bits per heavy atom. The van der Waals surface area contributed by atoms with Gasteiger partial charge >= 0.3 is 0 Å². The molecule has 2 nitrogen and oxygen atoms in total. The highest BCUT2D eigenvalue weighted by Crippen LogP contribution is 2.06. The van der Waals surface area contributed by atoms with E-state index in [0.717, 1.165) is 12.2 Å². The van der Waals surface area contributed by atoms with Crippen LogP contribution >= 0.6 is 0 Å². The van der Waals surface area contributed by atoms with Gasteiger partial charge in [-0.15, -0.1) is 0 Å². The Bertz CT molecular complexity index is 98.9. The summed E-state index contributed by atoms with van der Waals surface area (Å²) in [5.74, 6) is 1.22. The lowest BCUT2D eigenvalue weighted by molar-refractivity contribution is 0.319. The molecule has 13 heavy (non-hydrogen) atoms. The summed E-state index contributed by atoms with van der Waals surface area (Å²) in [7, 11) is 0. The molecular weight excluding hydrogens is 184 g/mol. The van der Waals surface area contributed by atoms with Crippen molar-refractivity contribution in [1.29, 1.82) is 0 Å². The number of hydrogen-bond donors (Lipinski definition) is 1. The molecule has 0 aliphatic carbocycles. The highest BCUT2D eigenvalue weighted by molar-refractivity contribution is 7.91. The van der Waals surface area contributed by atoms with Crippen molar-refractivity contribution in [2.75, 3.05) is 18.1 Å². The first kappa shape index (κ1) is 13.3. The summed E-state index contributed by atoms with van der Waals surface area (Å²) in [6.45, 7) is 2.26. The predicted molar refractivity (Wildman–Crippen MR) is 58.3 cm³/mol. The van der Waals surface area contributed by atoms with Crippen LogP contribution < -0.4 is 0 Å². The highest BCUT2D eigenvalue weighted by atomic mass is 32.2. The molecular formula is C10H22O2S. The number of aliphatic hydroxyl groups is 1. The number of unbranched alkanes of at least 4 members (excludes halogenated alkanes) is 5. The van der Waals surface area contributed by atoms with Crippen LogP contribution in [0.25, 0.3) is 0 Å². The summed E-state index contributed by atoms with van der Waals surface area (Å²) in [6, 6.07) is 0. The van der Waals surface area contributed by atoms with Crippen molar-refractivity contribution >= 4 is 11.2 Å². The van der Waals surface area contributed by atoms with Crippen molar-refractivity contribution < 1.29 is 9.66 Å². The zero-order valence-electron chi connectivity index (χ0n) is 8.63. The Kier molecular flexibility index (Phi) is 10.6. The van der Waals surface area contributed by atoms with Crippen LogP contribution in [-0.4, -0.2) is 27.8 Å². The second-order valence-electron chi connectivity index (χ2n) is 3.34. The molecule has 0 aromatic heterocycles. The predicted octanol–water partition coefficient (Wildman–Crippen LogP) is 2.09. The standard InChI is InChI=1S/C10H22O2S/c1-2-3-4-5-6-7-9-13(12)10-8-11/h11H,2-10H2,1H3. The average molecular weight is 206 g/mol. The largest absolute Gasteiger partial charge is 0.616 e. The molecule has 1 N–H and O–H groups in total. The third-order valence-electron chi connectivity index (χ3n) is 2.04. The molecule has 0 heterocycles. The monoisotopic (exact) mass is 206 g/mol. The fourth-order valence-corrected chi connectivity index (χ4v) is 2.18. The third-order valence-corrected chi connectivity index (χ3v) is 3.43. The van der Waals surface area contributed by atoms with Crippen LogP contribution in [0.15, 0.2) is 0 Å². The van der Waals surface area contributed by atoms with Crippen LogP contribution in [0.4, 0.5) is 0 Å². The minimum Gasteiger partial charge on any atom is -0.616 e. The summed E-state index contributed by atoms with van der Waals surface area (Å²) in [5.41, 5.74) is 0. The molecule has 0 aliphatic rings. The molecule has 1 atom stereocenters. The van der Waals surface area contributed by atoms with Gasteiger partial charge < -0.3 is 9.66 Å². The molecule has 0 saturated carbocycles. The topological polar surface area (TPSA) is 43.3 Å². The van der Waals surface area contributed by atoms with Gasteiger partial charge in [-0.1, -0.05) is 43.8 Å². The van der Waals surface area contributed by atoms with E-state index < -0.39 is 11.2 Å². The molecule has 0 aromatic rings. The van der Waals surface area contributed by atoms with Gasteiger partial charge in [0.15, 0.2) is 0 Å². The Morgan fingerprint density at radius 2 is 1.62 bits per heavy atom. The molecule has 0 spiro atoms. The molecule has 0 saturated heterocycles. The molecule has 0 aliphatic heterocycles. The van der Waals surface area contributed by atoms with E-state index in [1.54, 1.807) is 0 Å². The molecule has 0 bridgehead atoms. The summed E-state index contributed by atoms with van der Waals surface area (Å²) in [5, 5.41) is 8.52. The lowest BCUT2D eigenvalue weighted by Crippen LogP contribution is -2.13. The Labute approximate surface area is 84.9 Å². The number of rotatable bonds is 9. The van der Waals surface area contributed by atoms with Crippen molar-refractivity contribution in [2.24, 2.45) is 0 Å². The summed E-state index contributed by atoms with van der Waals surface area (Å²) < 4.78 is 11.1. The van der Waals surface area contributed by atoms with Crippen LogP contribution in [0, 0.1) is 0 Å². The molecule has 0 fully saturated rings. The smallest absolute Gasteiger partial charge is 0.128 e. The van der Waals surface area contributed by atoms with Crippen molar-refractivity contribution in [3.05, 3.63) is 0 Å². The third kappa shape index (κ3) is 10.2. The van der Waals surface area contributed by atoms with Gasteiger partial charge in [-0.25, -0.2) is 0 Å². The summed E-state index contributed by atoms with van der Waals surface area (Å²) in [6.07, 6.45) is 7.41. The molecule has 0 radical (unpaired) electrons. The van der Waals surface area contributed by atoms with E-state index in [1.165, 1.54) is 32.1 Å². The molecule has 0 aromatic carbocycles. The molecule has 0 amide bonds. The second kappa shape index (κ2) is 10.4. The maximum Gasteiger partial charge on any atom is 0.128 e. The van der Waals surface area contributed by atoms with E-state index in [-0.39, 0.29) is 6.61 Å². The zero-order chi connectivity index (χ0) is 9.94. The van der Waals surface area contributed by atoms with Crippen molar-refractivity contribution in [2.45, 2.75) is 45.4 Å². The Balaban J connectivity index is 2.97. The van der Waals surface area contributed by atoms with Crippen LogP contribution in [-0.2, 0) is 11.2 Å². The van der Waals surface area contributed by atoms with Gasteiger partial charge in [-0.05, 0) is 12.8 Å². The van der Waals surface area contributed by atoms with E-state index in [9.17, 15) is 4.55 Å². The van der Waals surface area contributed by atoms with E-state index in [4.69, 9.17) is 5.11 Å². The first-order valence-electron chi connectivity index (χ1n) is 5.27. The van der Waals surface area contributed by atoms with Crippen molar-refractivity contribution in [3.63, 3.8) is 0 Å². The maximum absolute atomic E-state index is 11.1. The Morgan fingerprint density at radius 1 is 1.00 bits per heavy atom. The fourth-order valence-electron chi connectivity index (χ4n) is 1.25. The summed E-state index contributed by atoms with van der Waals surface area (Å²) in [4.78, 5) is 0. The quantitative estimate of drug-likeness (QED) is 0.464. The Hall–Kier alpha value is 0.270. The van der Waals surface area contributed by atoms with Crippen LogP contribution in [0.3, 0.4) is 0 Å². The number of aliphatic hydroxyl groups excluding tert-OH is 1. The summed E-state index contributed by atoms with van der Waals surface area (Å²) >= 11 is -0.777. The molecule has 80 valence electrons. The van der Waals surface area contributed by atoms with Crippen molar-refractivity contribution in [1.82, 2.24) is 0 Å². The first-order chi connectivity index (χ1) is 6.31. The molecule has 3 heteroatoms. The van der Waals surface area contributed by atoms with Gasteiger partial charge in [0.25, 0.3) is 0 Å². The lowest BCUT2D eigenvalue weighted by Gasteiger charge is -2.08. The van der Waals surface area contributed by atoms with E-state index >= 15 is 0 Å². The second-order valence-corrected chi connectivity index (χ2v) is 5.04. The zero-order valence-corrected chi connectivity index (χ0v) is 9.44. The normalized spacial score (nSPS) is 13.2. The van der Waals surface area contributed by atoms with Gasteiger partial charge in [-0.3, -0.25) is 0 Å². The van der Waals surface area contributed by atoms with Crippen LogP contribution in [0.5, 0.6) is 0 Å². The van der Waals surface area contributed by atoms with E-state index in [1.807, 2.05) is 0 Å². The van der Waals surface area contributed by atoms with Crippen LogP contribution in [0.2, 0.25) is 0 Å². The lowest BCUT2D eigenvalue weighted by atomic mass is 10.1. The SMILES string of the molecule is CCCCCCCC[S+]([O-])CCO. The van der Waals surface area contributed by atoms with Gasteiger partial charge in [0, 0.05) is 0 Å². The minimum absolute atomic E-state index is 0.0580. The number of hydrogen-bond acceptors (Lipinski definition) is 2. The van der Waals surface area contributed by atoms with Gasteiger partial charge in [0.05, 0.1) is 6.61 Å². The van der Waals surface area contributed by atoms with E-state index in [2.05, 4.69) is 6.92 Å². The van der Waals surface area contributed by atoms with Gasteiger partial charge in [0.1, 0.15) is 11.5 Å². The molecule has 0 rings (SSSR count). The molecule has 1 unspecified atom stereocenters. The first-order valence-corrected chi connectivity index (χ1v) is 6.76. The van der Waals surface area contributed by atoms with Gasteiger partial charge in [0.2, 0.25) is 0 Å². The fraction of sp³-hybridized carbons (Fsp3) is 1.00.